The Morgan fingerprint density at radius 3 is 2.76 bits per heavy atom. The van der Waals surface area contributed by atoms with Crippen molar-refractivity contribution in [1.29, 1.82) is 0 Å². The van der Waals surface area contributed by atoms with Crippen molar-refractivity contribution in [2.75, 3.05) is 13.6 Å². The molecule has 0 fully saturated rings. The quantitative estimate of drug-likeness (QED) is 0.817. The molecule has 90 valence electrons. The van der Waals surface area contributed by atoms with Gasteiger partial charge in [-0.1, -0.05) is 24.3 Å². The molecule has 2 rings (SSSR count). The summed E-state index contributed by atoms with van der Waals surface area (Å²) < 4.78 is 0. The number of hydrogen-bond acceptors (Lipinski definition) is 3. The first-order valence-electron chi connectivity index (χ1n) is 5.51. The highest BCUT2D eigenvalue weighted by molar-refractivity contribution is 5.87. The van der Waals surface area contributed by atoms with Gasteiger partial charge in [0.15, 0.2) is 0 Å². The van der Waals surface area contributed by atoms with E-state index in [2.05, 4.69) is 0 Å². The van der Waals surface area contributed by atoms with Crippen molar-refractivity contribution in [3.8, 4) is 5.75 Å². The summed E-state index contributed by atoms with van der Waals surface area (Å²) in [4.78, 5) is 13.0. The van der Waals surface area contributed by atoms with Crippen LogP contribution in [0.5, 0.6) is 5.75 Å². The van der Waals surface area contributed by atoms with E-state index >= 15 is 0 Å². The average molecular weight is 233 g/mol. The summed E-state index contributed by atoms with van der Waals surface area (Å²) in [5.74, 6) is -0.675. The molecule has 0 amide bonds. The third-order valence-corrected chi connectivity index (χ3v) is 3.10. The van der Waals surface area contributed by atoms with Crippen LogP contribution in [-0.2, 0) is 4.79 Å². The zero-order valence-corrected chi connectivity index (χ0v) is 9.63. The second-order valence-corrected chi connectivity index (χ2v) is 4.23. The van der Waals surface area contributed by atoms with Gasteiger partial charge in [0.1, 0.15) is 5.75 Å². The highest BCUT2D eigenvalue weighted by Gasteiger charge is 2.24. The van der Waals surface area contributed by atoms with E-state index in [0.29, 0.717) is 18.5 Å². The van der Waals surface area contributed by atoms with E-state index < -0.39 is 5.97 Å². The Kier molecular flexibility index (Phi) is 3.15. The number of carboxylic acid groups (broad SMARTS) is 1. The summed E-state index contributed by atoms with van der Waals surface area (Å²) in [7, 11) is 1.92. The molecule has 0 saturated carbocycles. The number of phenolic OH excluding ortho intramolecular Hbond substituents is 1. The Bertz CT molecular complexity index is 467. The monoisotopic (exact) mass is 233 g/mol. The molecule has 1 atom stereocenters. The standard InChI is InChI=1S/C13H15NO3/c1-14-7-6-9(13(16)17)8-11(14)10-4-2-3-5-12(10)15/h2-5,8,11,15H,6-7H2,1H3,(H,16,17). The van der Waals surface area contributed by atoms with Gasteiger partial charge in [0.05, 0.1) is 6.04 Å². The molecule has 0 radical (unpaired) electrons. The van der Waals surface area contributed by atoms with Gasteiger partial charge in [-0.15, -0.1) is 0 Å². The van der Waals surface area contributed by atoms with Crippen molar-refractivity contribution in [3.05, 3.63) is 41.5 Å². The number of rotatable bonds is 2. The molecule has 1 unspecified atom stereocenters. The van der Waals surface area contributed by atoms with Crippen molar-refractivity contribution < 1.29 is 15.0 Å². The van der Waals surface area contributed by atoms with Gasteiger partial charge in [0.25, 0.3) is 0 Å². The first-order valence-corrected chi connectivity index (χ1v) is 5.51. The average Bonchev–Trinajstić information content (AvgIpc) is 2.30. The Morgan fingerprint density at radius 2 is 2.12 bits per heavy atom. The molecular formula is C13H15NO3. The molecule has 0 spiro atoms. The summed E-state index contributed by atoms with van der Waals surface area (Å²) in [6.45, 7) is 0.678. The summed E-state index contributed by atoms with van der Waals surface area (Å²) in [6.07, 6.45) is 2.25. The first kappa shape index (κ1) is 11.7. The zero-order valence-electron chi connectivity index (χ0n) is 9.63. The maximum atomic E-state index is 11.0. The van der Waals surface area contributed by atoms with Crippen LogP contribution < -0.4 is 0 Å². The second-order valence-electron chi connectivity index (χ2n) is 4.23. The van der Waals surface area contributed by atoms with Crippen molar-refractivity contribution in [2.45, 2.75) is 12.5 Å². The molecule has 1 aliphatic rings. The largest absolute Gasteiger partial charge is 0.508 e. The lowest BCUT2D eigenvalue weighted by molar-refractivity contribution is -0.133. The topological polar surface area (TPSA) is 60.8 Å². The van der Waals surface area contributed by atoms with Crippen LogP contribution in [0.25, 0.3) is 0 Å². The fraction of sp³-hybridized carbons (Fsp3) is 0.308. The van der Waals surface area contributed by atoms with E-state index in [9.17, 15) is 9.90 Å². The number of carboxylic acids is 1. The molecule has 1 aliphatic heterocycles. The highest BCUT2D eigenvalue weighted by atomic mass is 16.4. The number of hydrogen-bond donors (Lipinski definition) is 2. The van der Waals surface area contributed by atoms with Crippen LogP contribution >= 0.6 is 0 Å². The predicted octanol–water partition coefficient (Wildman–Crippen LogP) is 1.78. The van der Waals surface area contributed by atoms with Crippen LogP contribution in [0.1, 0.15) is 18.0 Å². The summed E-state index contributed by atoms with van der Waals surface area (Å²) in [5, 5.41) is 18.8. The van der Waals surface area contributed by atoms with Crippen molar-refractivity contribution in [3.63, 3.8) is 0 Å². The molecule has 0 aliphatic carbocycles. The number of aliphatic carboxylic acids is 1. The van der Waals surface area contributed by atoms with Crippen molar-refractivity contribution in [2.24, 2.45) is 0 Å². The number of nitrogens with zero attached hydrogens (tertiary/aromatic N) is 1. The van der Waals surface area contributed by atoms with E-state index in [1.54, 1.807) is 18.2 Å². The normalized spacial score (nSPS) is 21.0. The number of benzene rings is 1. The Labute approximate surface area is 99.8 Å². The van der Waals surface area contributed by atoms with E-state index in [0.717, 1.165) is 5.56 Å². The van der Waals surface area contributed by atoms with Gasteiger partial charge in [0.2, 0.25) is 0 Å². The Morgan fingerprint density at radius 1 is 1.41 bits per heavy atom. The summed E-state index contributed by atoms with van der Waals surface area (Å²) in [6, 6.07) is 6.86. The molecule has 2 N–H and O–H groups in total. The maximum absolute atomic E-state index is 11.0. The third-order valence-electron chi connectivity index (χ3n) is 3.10. The van der Waals surface area contributed by atoms with Gasteiger partial charge in [-0.05, 0) is 19.5 Å². The molecule has 0 bridgehead atoms. The van der Waals surface area contributed by atoms with E-state index in [-0.39, 0.29) is 11.8 Å². The molecule has 17 heavy (non-hydrogen) atoms. The molecule has 1 heterocycles. The SMILES string of the molecule is CN1CCC(C(=O)O)=CC1c1ccccc1O. The summed E-state index contributed by atoms with van der Waals surface area (Å²) >= 11 is 0. The van der Waals surface area contributed by atoms with Gasteiger partial charge in [0, 0.05) is 17.7 Å². The molecule has 0 aromatic heterocycles. The van der Waals surface area contributed by atoms with E-state index in [1.165, 1.54) is 0 Å². The third kappa shape index (κ3) is 2.31. The van der Waals surface area contributed by atoms with Crippen LogP contribution in [0.3, 0.4) is 0 Å². The maximum Gasteiger partial charge on any atom is 0.331 e. The molecule has 4 nitrogen and oxygen atoms in total. The lowest BCUT2D eigenvalue weighted by Crippen LogP contribution is -2.30. The predicted molar refractivity (Wildman–Crippen MR) is 63.8 cm³/mol. The highest BCUT2D eigenvalue weighted by Crippen LogP contribution is 2.32. The number of phenols is 1. The van der Waals surface area contributed by atoms with Crippen molar-refractivity contribution >= 4 is 5.97 Å². The lowest BCUT2D eigenvalue weighted by atomic mass is 9.96. The van der Waals surface area contributed by atoms with Gasteiger partial charge in [-0.3, -0.25) is 4.90 Å². The molecule has 1 aromatic rings. The van der Waals surface area contributed by atoms with Crippen LogP contribution in [-0.4, -0.2) is 34.7 Å². The smallest absolute Gasteiger partial charge is 0.331 e. The Balaban J connectivity index is 2.39. The number of carbonyl (C=O) groups is 1. The number of para-hydroxylation sites is 1. The fourth-order valence-corrected chi connectivity index (χ4v) is 2.08. The van der Waals surface area contributed by atoms with Gasteiger partial charge in [-0.2, -0.15) is 0 Å². The van der Waals surface area contributed by atoms with Crippen LogP contribution in [0.15, 0.2) is 35.9 Å². The fourth-order valence-electron chi connectivity index (χ4n) is 2.08. The molecule has 0 saturated heterocycles. The molecule has 4 heteroatoms. The summed E-state index contributed by atoms with van der Waals surface area (Å²) in [5.41, 5.74) is 1.16. The molecule has 1 aromatic carbocycles. The Hall–Kier alpha value is -1.81. The van der Waals surface area contributed by atoms with Crippen LogP contribution in [0, 0.1) is 0 Å². The minimum Gasteiger partial charge on any atom is -0.508 e. The van der Waals surface area contributed by atoms with Gasteiger partial charge >= 0.3 is 5.97 Å². The second kappa shape index (κ2) is 4.59. The van der Waals surface area contributed by atoms with Gasteiger partial charge in [-0.25, -0.2) is 4.79 Å². The van der Waals surface area contributed by atoms with Crippen molar-refractivity contribution in [1.82, 2.24) is 4.90 Å². The van der Waals surface area contributed by atoms with Crippen LogP contribution in [0.4, 0.5) is 0 Å². The first-order chi connectivity index (χ1) is 8.09. The zero-order chi connectivity index (χ0) is 12.4. The number of aromatic hydroxyl groups is 1. The van der Waals surface area contributed by atoms with E-state index in [1.807, 2.05) is 24.1 Å². The van der Waals surface area contributed by atoms with Crippen LogP contribution in [0.2, 0.25) is 0 Å². The molecular weight excluding hydrogens is 218 g/mol. The number of likely N-dealkylation sites (N-methyl/N-ethyl adjacent to an activating group) is 1. The minimum atomic E-state index is -0.876. The van der Waals surface area contributed by atoms with E-state index in [4.69, 9.17) is 5.11 Å². The lowest BCUT2D eigenvalue weighted by Gasteiger charge is -2.30. The van der Waals surface area contributed by atoms with Gasteiger partial charge < -0.3 is 10.2 Å². The minimum absolute atomic E-state index is 0.170.